The van der Waals surface area contributed by atoms with E-state index in [0.29, 0.717) is 6.42 Å². The summed E-state index contributed by atoms with van der Waals surface area (Å²) in [5, 5.41) is 12.2. The van der Waals surface area contributed by atoms with E-state index in [9.17, 15) is 19.5 Å². The van der Waals surface area contributed by atoms with Gasteiger partial charge in [-0.15, -0.1) is 0 Å². The van der Waals surface area contributed by atoms with Crippen molar-refractivity contribution >= 4 is 18.0 Å². The zero-order valence-electron chi connectivity index (χ0n) is 12.5. The van der Waals surface area contributed by atoms with Gasteiger partial charge in [0.15, 0.2) is 0 Å². The van der Waals surface area contributed by atoms with Crippen LogP contribution in [0.5, 0.6) is 0 Å². The van der Waals surface area contributed by atoms with Gasteiger partial charge in [0.2, 0.25) is 5.91 Å². The molecule has 0 aromatic heterocycles. The second kappa shape index (κ2) is 6.28. The molecule has 3 atom stereocenters. The molecule has 7 nitrogen and oxygen atoms in total. The summed E-state index contributed by atoms with van der Waals surface area (Å²) in [5.41, 5.74) is 0.834. The zero-order chi connectivity index (χ0) is 16.4. The number of carboxylic acid groups (broad SMARTS) is 1. The molecule has 7 heteroatoms. The molecule has 1 aromatic carbocycles. The van der Waals surface area contributed by atoms with Gasteiger partial charge in [0.05, 0.1) is 0 Å². The van der Waals surface area contributed by atoms with E-state index in [4.69, 9.17) is 4.74 Å². The van der Waals surface area contributed by atoms with Crippen LogP contribution in [0.3, 0.4) is 0 Å². The van der Waals surface area contributed by atoms with E-state index in [-0.39, 0.29) is 31.5 Å². The quantitative estimate of drug-likeness (QED) is 0.861. The van der Waals surface area contributed by atoms with Gasteiger partial charge >= 0.3 is 12.1 Å². The van der Waals surface area contributed by atoms with Crippen molar-refractivity contribution in [1.29, 1.82) is 0 Å². The Bertz CT molecular complexity index is 618. The largest absolute Gasteiger partial charge is 0.480 e. The highest BCUT2D eigenvalue weighted by atomic mass is 16.6. The number of hydrogen-bond acceptors (Lipinski definition) is 4. The number of carboxylic acids is 1. The van der Waals surface area contributed by atoms with Gasteiger partial charge < -0.3 is 15.2 Å². The monoisotopic (exact) mass is 318 g/mol. The predicted molar refractivity (Wildman–Crippen MR) is 79.4 cm³/mol. The molecule has 2 amide bonds. The number of aliphatic carboxylic acids is 1. The molecule has 2 aliphatic heterocycles. The Labute approximate surface area is 133 Å². The van der Waals surface area contributed by atoms with Crippen molar-refractivity contribution in [3.63, 3.8) is 0 Å². The number of fused-ring (bicyclic) bond motifs is 1. The van der Waals surface area contributed by atoms with Gasteiger partial charge in [-0.25, -0.2) is 9.59 Å². The van der Waals surface area contributed by atoms with Crippen molar-refractivity contribution in [2.45, 2.75) is 19.1 Å². The molecule has 3 rings (SSSR count). The Morgan fingerprint density at radius 2 is 2.04 bits per heavy atom. The normalized spacial score (nSPS) is 26.3. The van der Waals surface area contributed by atoms with Crippen molar-refractivity contribution in [3.8, 4) is 0 Å². The second-order valence-electron chi connectivity index (χ2n) is 5.82. The Morgan fingerprint density at radius 3 is 2.74 bits per heavy atom. The van der Waals surface area contributed by atoms with E-state index in [1.165, 1.54) is 4.90 Å². The minimum Gasteiger partial charge on any atom is -0.480 e. The van der Waals surface area contributed by atoms with E-state index in [2.05, 4.69) is 5.32 Å². The highest BCUT2D eigenvalue weighted by molar-refractivity contribution is 5.86. The molecule has 23 heavy (non-hydrogen) atoms. The standard InChI is InChI=1S/C16H18N2O5/c19-14-11-6-7-18(13(15(20)21)12(11)8-17-14)16(22)23-9-10-4-2-1-3-5-10/h1-5,11-13H,6-9H2,(H,17,19)(H,20,21). The van der Waals surface area contributed by atoms with Crippen LogP contribution in [0.25, 0.3) is 0 Å². The molecule has 0 bridgehead atoms. The first-order valence-corrected chi connectivity index (χ1v) is 7.56. The Hall–Kier alpha value is -2.57. The maximum absolute atomic E-state index is 12.3. The molecule has 1 aromatic rings. The molecular formula is C16H18N2O5. The molecule has 2 heterocycles. The summed E-state index contributed by atoms with van der Waals surface area (Å²) in [6.45, 7) is 0.579. The highest BCUT2D eigenvalue weighted by Crippen LogP contribution is 2.33. The van der Waals surface area contributed by atoms with Gasteiger partial charge in [-0.1, -0.05) is 30.3 Å². The smallest absolute Gasteiger partial charge is 0.410 e. The van der Waals surface area contributed by atoms with Crippen molar-refractivity contribution in [1.82, 2.24) is 10.2 Å². The summed E-state index contributed by atoms with van der Waals surface area (Å²) < 4.78 is 5.24. The summed E-state index contributed by atoms with van der Waals surface area (Å²) in [4.78, 5) is 36.8. The van der Waals surface area contributed by atoms with Crippen LogP contribution in [0.15, 0.2) is 30.3 Å². The highest BCUT2D eigenvalue weighted by Gasteiger charge is 2.50. The average molecular weight is 318 g/mol. The summed E-state index contributed by atoms with van der Waals surface area (Å²) in [7, 11) is 0. The number of likely N-dealkylation sites (tertiary alicyclic amines) is 1. The van der Waals surface area contributed by atoms with Gasteiger partial charge in [0.1, 0.15) is 12.6 Å². The zero-order valence-corrected chi connectivity index (χ0v) is 12.5. The lowest BCUT2D eigenvalue weighted by Crippen LogP contribution is -2.55. The van der Waals surface area contributed by atoms with Crippen molar-refractivity contribution in [2.24, 2.45) is 11.8 Å². The first-order valence-electron chi connectivity index (χ1n) is 7.56. The summed E-state index contributed by atoms with van der Waals surface area (Å²) in [5.74, 6) is -1.97. The fourth-order valence-corrected chi connectivity index (χ4v) is 3.33. The van der Waals surface area contributed by atoms with Crippen LogP contribution in [0.1, 0.15) is 12.0 Å². The van der Waals surface area contributed by atoms with E-state index < -0.39 is 24.0 Å². The predicted octanol–water partition coefficient (Wildman–Crippen LogP) is 0.844. The maximum Gasteiger partial charge on any atom is 0.410 e. The molecule has 2 saturated heterocycles. The van der Waals surface area contributed by atoms with Gasteiger partial charge in [-0.05, 0) is 12.0 Å². The molecule has 0 aliphatic carbocycles. The Kier molecular flexibility index (Phi) is 4.18. The van der Waals surface area contributed by atoms with Crippen molar-refractivity contribution in [3.05, 3.63) is 35.9 Å². The van der Waals surface area contributed by atoms with E-state index in [0.717, 1.165) is 5.56 Å². The minimum absolute atomic E-state index is 0.0911. The molecule has 0 saturated carbocycles. The molecular weight excluding hydrogens is 300 g/mol. The van der Waals surface area contributed by atoms with Crippen molar-refractivity contribution in [2.75, 3.05) is 13.1 Å². The molecule has 0 radical (unpaired) electrons. The third-order valence-electron chi connectivity index (χ3n) is 4.48. The number of rotatable bonds is 3. The van der Waals surface area contributed by atoms with Crippen LogP contribution < -0.4 is 5.32 Å². The van der Waals surface area contributed by atoms with Crippen LogP contribution in [0, 0.1) is 11.8 Å². The Morgan fingerprint density at radius 1 is 1.30 bits per heavy atom. The first-order chi connectivity index (χ1) is 11.1. The summed E-state index contributed by atoms with van der Waals surface area (Å²) in [6, 6.07) is 8.16. The van der Waals surface area contributed by atoms with Crippen molar-refractivity contribution < 1.29 is 24.2 Å². The number of amides is 2. The number of benzene rings is 1. The van der Waals surface area contributed by atoms with Crippen LogP contribution in [0.2, 0.25) is 0 Å². The first kappa shape index (κ1) is 15.3. The van der Waals surface area contributed by atoms with Crippen LogP contribution >= 0.6 is 0 Å². The lowest BCUT2D eigenvalue weighted by Gasteiger charge is -2.38. The van der Waals surface area contributed by atoms with Gasteiger partial charge in [-0.3, -0.25) is 9.69 Å². The van der Waals surface area contributed by atoms with E-state index in [1.54, 1.807) is 0 Å². The fraction of sp³-hybridized carbons (Fsp3) is 0.438. The summed E-state index contributed by atoms with van der Waals surface area (Å²) >= 11 is 0. The average Bonchev–Trinajstić information content (AvgIpc) is 2.94. The summed E-state index contributed by atoms with van der Waals surface area (Å²) in [6.07, 6.45) is -0.195. The molecule has 2 fully saturated rings. The number of carbonyl (C=O) groups is 3. The molecule has 0 spiro atoms. The van der Waals surface area contributed by atoms with Crippen LogP contribution in [-0.4, -0.2) is 47.1 Å². The molecule has 122 valence electrons. The lowest BCUT2D eigenvalue weighted by molar-refractivity contribution is -0.147. The minimum atomic E-state index is -1.10. The third kappa shape index (κ3) is 2.99. The number of nitrogens with one attached hydrogen (secondary N) is 1. The number of nitrogens with zero attached hydrogens (tertiary/aromatic N) is 1. The SMILES string of the molecule is O=C1NCC2C1CCN(C(=O)OCc1ccccc1)C2C(=O)O. The third-order valence-corrected chi connectivity index (χ3v) is 4.48. The number of piperidine rings is 1. The molecule has 2 aliphatic rings. The second-order valence-corrected chi connectivity index (χ2v) is 5.82. The van der Waals surface area contributed by atoms with Gasteiger partial charge in [0, 0.05) is 24.9 Å². The maximum atomic E-state index is 12.3. The Balaban J connectivity index is 1.69. The number of ether oxygens (including phenoxy) is 1. The van der Waals surface area contributed by atoms with Gasteiger partial charge in [0.25, 0.3) is 0 Å². The molecule has 2 N–H and O–H groups in total. The van der Waals surface area contributed by atoms with E-state index >= 15 is 0 Å². The topological polar surface area (TPSA) is 95.9 Å². The molecule has 3 unspecified atom stereocenters. The van der Waals surface area contributed by atoms with Crippen LogP contribution in [-0.2, 0) is 20.9 Å². The van der Waals surface area contributed by atoms with E-state index in [1.807, 2.05) is 30.3 Å². The van der Waals surface area contributed by atoms with Crippen LogP contribution in [0.4, 0.5) is 4.79 Å². The van der Waals surface area contributed by atoms with Gasteiger partial charge in [-0.2, -0.15) is 0 Å². The lowest BCUT2D eigenvalue weighted by atomic mass is 9.82. The number of carbonyl (C=O) groups excluding carboxylic acids is 2. The number of hydrogen-bond donors (Lipinski definition) is 2. The fourth-order valence-electron chi connectivity index (χ4n) is 3.33.